The Labute approximate surface area is 175 Å². The van der Waals surface area contributed by atoms with Crippen LogP contribution in [0, 0.1) is 0 Å². The summed E-state index contributed by atoms with van der Waals surface area (Å²) >= 11 is 0. The van der Waals surface area contributed by atoms with Gasteiger partial charge < -0.3 is 5.32 Å². The molecular formula is C20H22N2O6S2. The van der Waals surface area contributed by atoms with Crippen molar-refractivity contribution in [2.45, 2.75) is 36.1 Å². The normalized spacial score (nSPS) is 15.3. The van der Waals surface area contributed by atoms with Crippen LogP contribution >= 0.6 is 0 Å². The highest BCUT2D eigenvalue weighted by Gasteiger charge is 2.42. The van der Waals surface area contributed by atoms with Crippen molar-refractivity contribution in [3.63, 3.8) is 0 Å². The van der Waals surface area contributed by atoms with Gasteiger partial charge in [-0.3, -0.25) is 9.59 Å². The number of amides is 2. The Kier molecular flexibility index (Phi) is 6.00. The molecular weight excluding hydrogens is 428 g/mol. The van der Waals surface area contributed by atoms with Crippen molar-refractivity contribution in [1.29, 1.82) is 0 Å². The molecule has 0 fully saturated rings. The number of carbonyl (C=O) groups is 2. The molecule has 0 atom stereocenters. The van der Waals surface area contributed by atoms with Gasteiger partial charge in [-0.15, -0.1) is 0 Å². The Morgan fingerprint density at radius 3 is 2.40 bits per heavy atom. The highest BCUT2D eigenvalue weighted by molar-refractivity contribution is 7.91. The van der Waals surface area contributed by atoms with Gasteiger partial charge in [0.15, 0.2) is 9.84 Å². The largest absolute Gasteiger partial charge is 0.352 e. The summed E-state index contributed by atoms with van der Waals surface area (Å²) in [5.41, 5.74) is 0.121. The third-order valence-corrected chi connectivity index (χ3v) is 8.47. The van der Waals surface area contributed by atoms with E-state index in [1.54, 1.807) is 32.0 Å². The summed E-state index contributed by atoms with van der Waals surface area (Å²) in [6.07, 6.45) is 0.200. The number of rotatable bonds is 7. The van der Waals surface area contributed by atoms with Gasteiger partial charge >= 0.3 is 0 Å². The number of nitrogens with one attached hydrogen (secondary N) is 1. The fourth-order valence-electron chi connectivity index (χ4n) is 3.21. The molecule has 30 heavy (non-hydrogen) atoms. The highest BCUT2D eigenvalue weighted by atomic mass is 32.2. The van der Waals surface area contributed by atoms with Crippen molar-refractivity contribution < 1.29 is 26.4 Å². The molecule has 160 valence electrons. The summed E-state index contributed by atoms with van der Waals surface area (Å²) in [5.74, 6) is -1.29. The average molecular weight is 451 g/mol. The number of hydrogen-bond donors (Lipinski definition) is 1. The predicted octanol–water partition coefficient (Wildman–Crippen LogP) is 1.83. The lowest BCUT2D eigenvalue weighted by molar-refractivity contribution is 0.0845. The van der Waals surface area contributed by atoms with Gasteiger partial charge in [-0.1, -0.05) is 18.2 Å². The lowest BCUT2D eigenvalue weighted by atomic mass is 10.1. The summed E-state index contributed by atoms with van der Waals surface area (Å²) in [7, 11) is -7.44. The molecule has 0 radical (unpaired) electrons. The second-order valence-corrected chi connectivity index (χ2v) is 11.0. The van der Waals surface area contributed by atoms with Gasteiger partial charge in [0.1, 0.15) is 4.90 Å². The van der Waals surface area contributed by atoms with Crippen LogP contribution in [0.15, 0.2) is 58.3 Å². The van der Waals surface area contributed by atoms with Crippen LogP contribution in [0.4, 0.5) is 0 Å². The predicted molar refractivity (Wildman–Crippen MR) is 110 cm³/mol. The molecule has 1 heterocycles. The third kappa shape index (κ3) is 4.10. The molecule has 0 saturated heterocycles. The molecule has 1 aliphatic rings. The van der Waals surface area contributed by atoms with Crippen LogP contribution in [0.5, 0.6) is 0 Å². The number of nitrogens with zero attached hydrogens (tertiary/aromatic N) is 1. The van der Waals surface area contributed by atoms with E-state index < -0.39 is 37.7 Å². The minimum absolute atomic E-state index is 0.0363. The Hall–Kier alpha value is -2.72. The average Bonchev–Trinajstić information content (AvgIpc) is 2.91. The quantitative estimate of drug-likeness (QED) is 0.643. The van der Waals surface area contributed by atoms with Crippen LogP contribution < -0.4 is 5.32 Å². The summed E-state index contributed by atoms with van der Waals surface area (Å²) in [5, 5.41) is 2.59. The van der Waals surface area contributed by atoms with Gasteiger partial charge in [0.25, 0.3) is 21.8 Å². The first-order chi connectivity index (χ1) is 14.1. The van der Waals surface area contributed by atoms with E-state index in [2.05, 4.69) is 5.32 Å². The van der Waals surface area contributed by atoms with Crippen LogP contribution in [-0.2, 0) is 19.9 Å². The van der Waals surface area contributed by atoms with Crippen molar-refractivity contribution in [3.8, 4) is 0 Å². The Balaban J connectivity index is 1.66. The summed E-state index contributed by atoms with van der Waals surface area (Å²) in [4.78, 5) is 24.8. The van der Waals surface area contributed by atoms with Crippen molar-refractivity contribution in [1.82, 2.24) is 9.62 Å². The molecule has 2 amide bonds. The fraction of sp³-hybridized carbons (Fsp3) is 0.300. The fourth-order valence-corrected chi connectivity index (χ4v) is 6.34. The first-order valence-corrected chi connectivity index (χ1v) is 12.4. The molecule has 3 rings (SSSR count). The van der Waals surface area contributed by atoms with Crippen molar-refractivity contribution in [2.75, 3.05) is 12.3 Å². The first kappa shape index (κ1) is 22.0. The smallest absolute Gasteiger partial charge is 0.269 e. The van der Waals surface area contributed by atoms with Gasteiger partial charge in [0, 0.05) is 18.2 Å². The maximum absolute atomic E-state index is 12.6. The number of sulfone groups is 1. The molecule has 0 aliphatic carbocycles. The van der Waals surface area contributed by atoms with E-state index in [9.17, 15) is 26.4 Å². The summed E-state index contributed by atoms with van der Waals surface area (Å²) < 4.78 is 50.5. The third-order valence-electron chi connectivity index (χ3n) is 4.66. The zero-order valence-electron chi connectivity index (χ0n) is 16.5. The molecule has 8 nitrogen and oxygen atoms in total. The van der Waals surface area contributed by atoms with Gasteiger partial charge in [-0.2, -0.15) is 0 Å². The van der Waals surface area contributed by atoms with Crippen LogP contribution in [0.1, 0.15) is 41.0 Å². The molecule has 2 aromatic rings. The number of sulfonamides is 1. The monoisotopic (exact) mass is 450 g/mol. The van der Waals surface area contributed by atoms with E-state index in [0.717, 1.165) is 4.31 Å². The molecule has 2 aromatic carbocycles. The van der Waals surface area contributed by atoms with Gasteiger partial charge in [0.2, 0.25) is 0 Å². The van der Waals surface area contributed by atoms with E-state index in [1.165, 1.54) is 30.3 Å². The number of hydrogen-bond acceptors (Lipinski definition) is 6. The molecule has 0 bridgehead atoms. The molecule has 0 unspecified atom stereocenters. The van der Waals surface area contributed by atoms with Crippen LogP contribution in [0.25, 0.3) is 0 Å². The second kappa shape index (κ2) is 8.19. The van der Waals surface area contributed by atoms with E-state index >= 15 is 0 Å². The maximum Gasteiger partial charge on any atom is 0.269 e. The minimum Gasteiger partial charge on any atom is -0.352 e. The molecule has 1 aliphatic heterocycles. The summed E-state index contributed by atoms with van der Waals surface area (Å²) in [6.45, 7) is 3.29. The maximum atomic E-state index is 12.6. The van der Waals surface area contributed by atoms with Gasteiger partial charge in [-0.05, 0) is 50.6 Å². The molecule has 10 heteroatoms. The van der Waals surface area contributed by atoms with E-state index in [1.807, 2.05) is 0 Å². The van der Waals surface area contributed by atoms with Crippen molar-refractivity contribution in [2.24, 2.45) is 0 Å². The zero-order valence-corrected chi connectivity index (χ0v) is 18.2. The Morgan fingerprint density at radius 1 is 1.10 bits per heavy atom. The van der Waals surface area contributed by atoms with E-state index in [-0.39, 0.29) is 39.6 Å². The molecule has 0 saturated carbocycles. The standard InChI is InChI=1S/C20H22N2O6S2/c1-14(2)22-20(24)17-10-9-15(13-18(17)30(22,27)28)19(23)21-11-6-12-29(25,26)16-7-4-3-5-8-16/h3-5,7-10,13-14H,6,11-12H2,1-2H3,(H,21,23). The van der Waals surface area contributed by atoms with E-state index in [4.69, 9.17) is 0 Å². The minimum atomic E-state index is -4.00. The number of fused-ring (bicyclic) bond motifs is 1. The van der Waals surface area contributed by atoms with E-state index in [0.29, 0.717) is 0 Å². The first-order valence-electron chi connectivity index (χ1n) is 9.34. The van der Waals surface area contributed by atoms with Gasteiger partial charge in [-0.25, -0.2) is 21.1 Å². The number of carbonyl (C=O) groups excluding carboxylic acids is 2. The van der Waals surface area contributed by atoms with Crippen molar-refractivity contribution >= 4 is 31.7 Å². The van der Waals surface area contributed by atoms with Crippen molar-refractivity contribution in [3.05, 3.63) is 59.7 Å². The second-order valence-electron chi connectivity index (χ2n) is 7.15. The molecule has 1 N–H and O–H groups in total. The Morgan fingerprint density at radius 2 is 1.77 bits per heavy atom. The number of benzene rings is 2. The Bertz CT molecular complexity index is 1190. The van der Waals surface area contributed by atoms with Crippen LogP contribution in [-0.4, -0.2) is 51.3 Å². The lowest BCUT2D eigenvalue weighted by Gasteiger charge is -2.18. The van der Waals surface area contributed by atoms with Crippen LogP contribution in [0.3, 0.4) is 0 Å². The lowest BCUT2D eigenvalue weighted by Crippen LogP contribution is -2.36. The topological polar surface area (TPSA) is 118 Å². The van der Waals surface area contributed by atoms with Crippen LogP contribution in [0.2, 0.25) is 0 Å². The highest BCUT2D eigenvalue weighted by Crippen LogP contribution is 2.32. The molecule has 0 spiro atoms. The molecule has 0 aromatic heterocycles. The van der Waals surface area contributed by atoms with Gasteiger partial charge in [0.05, 0.1) is 16.2 Å². The summed E-state index contributed by atoms with van der Waals surface area (Å²) in [6, 6.07) is 11.4. The SMILES string of the molecule is CC(C)N1C(=O)c2ccc(C(=O)NCCCS(=O)(=O)c3ccccc3)cc2S1(=O)=O. The zero-order chi connectivity index (χ0) is 22.1.